The summed E-state index contributed by atoms with van der Waals surface area (Å²) in [6.07, 6.45) is 0.424. The van der Waals surface area contributed by atoms with Gasteiger partial charge < -0.3 is 30.6 Å². The van der Waals surface area contributed by atoms with Crippen LogP contribution in [-0.4, -0.2) is 30.6 Å². The number of phenols is 6. The van der Waals surface area contributed by atoms with Crippen LogP contribution in [0, 0.1) is 0 Å². The smallest absolute Gasteiger partial charge is 0.124 e. The number of rotatable bonds is 4. The number of allylic oxidation sites excluding steroid dienone is 2. The predicted octanol–water partition coefficient (Wildman–Crippen LogP) is 5.22. The molecule has 0 aliphatic heterocycles. The molecule has 1 atom stereocenters. The van der Waals surface area contributed by atoms with Gasteiger partial charge in [0.2, 0.25) is 0 Å². The molecule has 34 heavy (non-hydrogen) atoms. The first kappa shape index (κ1) is 21.3. The van der Waals surface area contributed by atoms with E-state index in [9.17, 15) is 30.6 Å². The normalized spacial score (nSPS) is 14.9. The van der Waals surface area contributed by atoms with E-state index in [0.717, 1.165) is 22.3 Å². The average molecular weight is 454 g/mol. The molecule has 1 aliphatic rings. The Morgan fingerprint density at radius 3 is 1.74 bits per heavy atom. The van der Waals surface area contributed by atoms with Crippen molar-refractivity contribution >= 4 is 11.1 Å². The lowest BCUT2D eigenvalue weighted by Gasteiger charge is -2.20. The first-order valence-electron chi connectivity index (χ1n) is 10.7. The number of phenolic OH excluding ortho intramolecular Hbond substituents is 6. The van der Waals surface area contributed by atoms with E-state index in [1.807, 2.05) is 0 Å². The quantitative estimate of drug-likeness (QED) is 0.251. The third kappa shape index (κ3) is 3.75. The highest BCUT2D eigenvalue weighted by Gasteiger charge is 2.36. The summed E-state index contributed by atoms with van der Waals surface area (Å²) in [5.41, 5.74) is 5.04. The molecular weight excluding hydrogens is 432 g/mol. The summed E-state index contributed by atoms with van der Waals surface area (Å²) in [7, 11) is 0. The number of fused-ring (bicyclic) bond motifs is 1. The van der Waals surface area contributed by atoms with Crippen LogP contribution in [0.5, 0.6) is 34.5 Å². The van der Waals surface area contributed by atoms with Gasteiger partial charge in [-0.1, -0.05) is 24.3 Å². The molecule has 5 rings (SSSR count). The van der Waals surface area contributed by atoms with Crippen LogP contribution in [0.2, 0.25) is 0 Å². The van der Waals surface area contributed by atoms with Gasteiger partial charge in [0, 0.05) is 23.6 Å². The maximum Gasteiger partial charge on any atom is 0.124 e. The van der Waals surface area contributed by atoms with E-state index in [4.69, 9.17) is 0 Å². The zero-order valence-electron chi connectivity index (χ0n) is 18.0. The first-order chi connectivity index (χ1) is 16.3. The molecule has 6 N–H and O–H groups in total. The Labute approximate surface area is 195 Å². The fourth-order valence-corrected chi connectivity index (χ4v) is 4.75. The predicted molar refractivity (Wildman–Crippen MR) is 128 cm³/mol. The molecule has 0 saturated heterocycles. The minimum atomic E-state index is -0.565. The Bertz CT molecular complexity index is 1400. The van der Waals surface area contributed by atoms with Gasteiger partial charge in [-0.15, -0.1) is 0 Å². The lowest BCUT2D eigenvalue weighted by Crippen LogP contribution is -2.02. The van der Waals surface area contributed by atoms with Crippen LogP contribution >= 0.6 is 0 Å². The third-order valence-corrected chi connectivity index (χ3v) is 6.12. The van der Waals surface area contributed by atoms with E-state index < -0.39 is 5.92 Å². The molecule has 6 nitrogen and oxygen atoms in total. The molecular formula is C28H22O6. The second-order valence-electron chi connectivity index (χ2n) is 8.42. The molecule has 0 heterocycles. The van der Waals surface area contributed by atoms with Crippen LogP contribution in [-0.2, 0) is 6.42 Å². The monoisotopic (exact) mass is 454 g/mol. The highest BCUT2D eigenvalue weighted by Crippen LogP contribution is 2.55. The molecule has 0 fully saturated rings. The molecule has 0 bridgehead atoms. The molecule has 4 aromatic rings. The minimum Gasteiger partial charge on any atom is -0.508 e. The summed E-state index contributed by atoms with van der Waals surface area (Å²) in [5, 5.41) is 61.2. The molecule has 1 unspecified atom stereocenters. The molecule has 0 spiro atoms. The Hall–Kier alpha value is -4.58. The van der Waals surface area contributed by atoms with Crippen molar-refractivity contribution in [3.05, 3.63) is 107 Å². The summed E-state index contributed by atoms with van der Waals surface area (Å²) >= 11 is 0. The van der Waals surface area contributed by atoms with Crippen molar-refractivity contribution in [1.29, 1.82) is 0 Å². The fraction of sp³-hybridized carbons (Fsp3) is 0.0714. The van der Waals surface area contributed by atoms with Gasteiger partial charge in [-0.2, -0.15) is 0 Å². The van der Waals surface area contributed by atoms with Gasteiger partial charge in [-0.3, -0.25) is 0 Å². The van der Waals surface area contributed by atoms with Crippen LogP contribution < -0.4 is 0 Å². The SMILES string of the molecule is Oc1ccc(CC2=C(c3ccc(O)cc3)C(c3cc(O)cc(O)c3)c3c(O)cc(O)cc32)cc1. The van der Waals surface area contributed by atoms with Crippen LogP contribution in [0.3, 0.4) is 0 Å². The van der Waals surface area contributed by atoms with E-state index in [0.29, 0.717) is 23.1 Å². The van der Waals surface area contributed by atoms with Gasteiger partial charge in [0.1, 0.15) is 34.5 Å². The maximum atomic E-state index is 10.9. The second-order valence-corrected chi connectivity index (χ2v) is 8.42. The van der Waals surface area contributed by atoms with Crippen molar-refractivity contribution in [2.24, 2.45) is 0 Å². The summed E-state index contributed by atoms with van der Waals surface area (Å²) in [6.45, 7) is 0. The zero-order valence-corrected chi connectivity index (χ0v) is 18.0. The lowest BCUT2D eigenvalue weighted by molar-refractivity contribution is 0.443. The molecule has 0 saturated carbocycles. The van der Waals surface area contributed by atoms with Crippen molar-refractivity contribution in [3.8, 4) is 34.5 Å². The van der Waals surface area contributed by atoms with Crippen molar-refractivity contribution in [1.82, 2.24) is 0 Å². The Kier molecular flexibility index (Phi) is 5.06. The second kappa shape index (κ2) is 8.08. The van der Waals surface area contributed by atoms with Crippen LogP contribution in [0.15, 0.2) is 78.9 Å². The van der Waals surface area contributed by atoms with Crippen molar-refractivity contribution < 1.29 is 30.6 Å². The van der Waals surface area contributed by atoms with Crippen LogP contribution in [0.1, 0.15) is 33.7 Å². The summed E-state index contributed by atoms with van der Waals surface area (Å²) < 4.78 is 0. The van der Waals surface area contributed by atoms with Gasteiger partial charge in [0.25, 0.3) is 0 Å². The Balaban J connectivity index is 1.82. The molecule has 6 heteroatoms. The molecule has 0 aromatic heterocycles. The minimum absolute atomic E-state index is 0.0936. The number of hydrogen-bond donors (Lipinski definition) is 6. The maximum absolute atomic E-state index is 10.9. The molecule has 0 radical (unpaired) electrons. The number of hydrogen-bond acceptors (Lipinski definition) is 6. The van der Waals surface area contributed by atoms with Gasteiger partial charge in [-0.05, 0) is 82.3 Å². The highest BCUT2D eigenvalue weighted by molar-refractivity contribution is 6.03. The molecule has 170 valence electrons. The summed E-state index contributed by atoms with van der Waals surface area (Å²) in [5.74, 6) is -0.758. The zero-order chi connectivity index (χ0) is 24.0. The van der Waals surface area contributed by atoms with Crippen molar-refractivity contribution in [3.63, 3.8) is 0 Å². The Morgan fingerprint density at radius 2 is 1.12 bits per heavy atom. The summed E-state index contributed by atoms with van der Waals surface area (Å²) in [4.78, 5) is 0. The molecule has 0 amide bonds. The number of benzene rings is 4. The number of aromatic hydroxyl groups is 6. The van der Waals surface area contributed by atoms with Crippen molar-refractivity contribution in [2.75, 3.05) is 0 Å². The largest absolute Gasteiger partial charge is 0.508 e. The van der Waals surface area contributed by atoms with Gasteiger partial charge in [0.15, 0.2) is 0 Å². The standard InChI is InChI=1S/C28H22O6/c29-18-5-1-15(2-6-18)9-23-24-13-22(33)14-25(34)28(24)27(17-10-20(31)12-21(32)11-17)26(23)16-3-7-19(30)8-4-16/h1-8,10-14,27,29-34H,9H2. The highest BCUT2D eigenvalue weighted by atomic mass is 16.3. The van der Waals surface area contributed by atoms with E-state index in [2.05, 4.69) is 0 Å². The molecule has 4 aromatic carbocycles. The van der Waals surface area contributed by atoms with E-state index in [1.54, 1.807) is 54.6 Å². The summed E-state index contributed by atoms with van der Waals surface area (Å²) in [6, 6.07) is 20.6. The third-order valence-electron chi connectivity index (χ3n) is 6.12. The van der Waals surface area contributed by atoms with Gasteiger partial charge in [-0.25, -0.2) is 0 Å². The van der Waals surface area contributed by atoms with Gasteiger partial charge in [0.05, 0.1) is 0 Å². The first-order valence-corrected chi connectivity index (χ1v) is 10.7. The van der Waals surface area contributed by atoms with Crippen LogP contribution in [0.25, 0.3) is 11.1 Å². The van der Waals surface area contributed by atoms with Crippen molar-refractivity contribution in [2.45, 2.75) is 12.3 Å². The topological polar surface area (TPSA) is 121 Å². The Morgan fingerprint density at radius 1 is 0.559 bits per heavy atom. The van der Waals surface area contributed by atoms with Crippen LogP contribution in [0.4, 0.5) is 0 Å². The van der Waals surface area contributed by atoms with E-state index >= 15 is 0 Å². The lowest BCUT2D eigenvalue weighted by atomic mass is 9.84. The fourth-order valence-electron chi connectivity index (χ4n) is 4.75. The average Bonchev–Trinajstić information content (AvgIpc) is 3.09. The van der Waals surface area contributed by atoms with E-state index in [1.165, 1.54) is 24.3 Å². The van der Waals surface area contributed by atoms with Gasteiger partial charge >= 0.3 is 0 Å². The molecule has 1 aliphatic carbocycles. The van der Waals surface area contributed by atoms with E-state index in [-0.39, 0.29) is 34.5 Å².